The number of carbonyl (C=O) groups is 2. The first-order valence-electron chi connectivity index (χ1n) is 7.79. The Balaban J connectivity index is 2.27. The van der Waals surface area contributed by atoms with E-state index in [1.165, 1.54) is 12.4 Å². The molecule has 24 heavy (non-hydrogen) atoms. The third-order valence-corrected chi connectivity index (χ3v) is 3.53. The number of nitrogens with zero attached hydrogens (tertiary/aromatic N) is 2. The number of pyridine rings is 1. The first-order valence-corrected chi connectivity index (χ1v) is 7.79. The van der Waals surface area contributed by atoms with Gasteiger partial charge in [-0.15, -0.1) is 6.58 Å². The predicted octanol–water partition coefficient (Wildman–Crippen LogP) is 2.97. The van der Waals surface area contributed by atoms with Crippen LogP contribution in [0.3, 0.4) is 0 Å². The van der Waals surface area contributed by atoms with E-state index in [-0.39, 0.29) is 11.8 Å². The maximum Gasteiger partial charge on any atom is 0.259 e. The quantitative estimate of drug-likeness (QED) is 0.831. The molecule has 0 atom stereocenters. The highest BCUT2D eigenvalue weighted by atomic mass is 16.2. The summed E-state index contributed by atoms with van der Waals surface area (Å²) < 4.78 is 0. The third-order valence-electron chi connectivity index (χ3n) is 3.53. The maximum atomic E-state index is 12.8. The van der Waals surface area contributed by atoms with Crippen molar-refractivity contribution in [1.82, 2.24) is 10.3 Å². The van der Waals surface area contributed by atoms with Gasteiger partial charge in [-0.05, 0) is 37.6 Å². The van der Waals surface area contributed by atoms with E-state index in [2.05, 4.69) is 16.9 Å². The summed E-state index contributed by atoms with van der Waals surface area (Å²) >= 11 is 0. The molecule has 2 rings (SSSR count). The van der Waals surface area contributed by atoms with Crippen molar-refractivity contribution in [2.75, 3.05) is 18.0 Å². The lowest BCUT2D eigenvalue weighted by atomic mass is 10.1. The first kappa shape index (κ1) is 17.4. The second-order valence-corrected chi connectivity index (χ2v) is 5.35. The van der Waals surface area contributed by atoms with Crippen molar-refractivity contribution in [3.8, 4) is 0 Å². The molecule has 0 aliphatic rings. The summed E-state index contributed by atoms with van der Waals surface area (Å²) in [4.78, 5) is 30.5. The molecular formula is C19H21N3O2. The summed E-state index contributed by atoms with van der Waals surface area (Å²) in [7, 11) is 0. The molecule has 0 bridgehead atoms. The van der Waals surface area contributed by atoms with E-state index in [1.54, 1.807) is 17.0 Å². The number of benzene rings is 1. The van der Waals surface area contributed by atoms with Gasteiger partial charge in [0.25, 0.3) is 11.8 Å². The van der Waals surface area contributed by atoms with Gasteiger partial charge in [-0.1, -0.05) is 18.2 Å². The average molecular weight is 323 g/mol. The molecule has 5 nitrogen and oxygen atoms in total. The van der Waals surface area contributed by atoms with Crippen LogP contribution in [0, 0.1) is 6.92 Å². The van der Waals surface area contributed by atoms with Gasteiger partial charge >= 0.3 is 0 Å². The Labute approximate surface area is 142 Å². The first-order chi connectivity index (χ1) is 11.6. The molecule has 0 saturated carbocycles. The normalized spacial score (nSPS) is 10.1. The fraction of sp³-hybridized carbons (Fsp3) is 0.211. The van der Waals surface area contributed by atoms with Gasteiger partial charge in [-0.3, -0.25) is 14.6 Å². The fourth-order valence-corrected chi connectivity index (χ4v) is 2.34. The van der Waals surface area contributed by atoms with Gasteiger partial charge in [0, 0.05) is 31.2 Å². The highest BCUT2D eigenvalue weighted by molar-refractivity contribution is 6.07. The summed E-state index contributed by atoms with van der Waals surface area (Å²) in [6.07, 6.45) is 4.51. The number of aryl methyl sites for hydroxylation is 1. The van der Waals surface area contributed by atoms with Gasteiger partial charge in [0.05, 0.1) is 11.1 Å². The average Bonchev–Trinajstić information content (AvgIpc) is 2.60. The smallest absolute Gasteiger partial charge is 0.259 e. The Morgan fingerprint density at radius 1 is 1.25 bits per heavy atom. The molecule has 1 N–H and O–H groups in total. The van der Waals surface area contributed by atoms with E-state index in [4.69, 9.17) is 0 Å². The Morgan fingerprint density at radius 2 is 2.00 bits per heavy atom. The molecular weight excluding hydrogens is 302 g/mol. The molecule has 0 spiro atoms. The van der Waals surface area contributed by atoms with E-state index >= 15 is 0 Å². The van der Waals surface area contributed by atoms with Crippen LogP contribution >= 0.6 is 0 Å². The molecule has 2 aromatic rings. The van der Waals surface area contributed by atoms with E-state index in [1.807, 2.05) is 38.1 Å². The van der Waals surface area contributed by atoms with Crippen LogP contribution in [-0.4, -0.2) is 29.9 Å². The minimum atomic E-state index is -0.282. The fourth-order valence-electron chi connectivity index (χ4n) is 2.34. The minimum absolute atomic E-state index is 0.186. The van der Waals surface area contributed by atoms with Crippen LogP contribution in [0.5, 0.6) is 0 Å². The number of carbonyl (C=O) groups excluding carboxylic acids is 2. The number of rotatable bonds is 6. The van der Waals surface area contributed by atoms with Gasteiger partial charge in [0.2, 0.25) is 0 Å². The van der Waals surface area contributed by atoms with Crippen LogP contribution in [0.4, 0.5) is 5.69 Å². The lowest BCUT2D eigenvalue weighted by molar-refractivity contribution is 0.0957. The Hall–Kier alpha value is -2.95. The van der Waals surface area contributed by atoms with Crippen molar-refractivity contribution in [2.45, 2.75) is 13.8 Å². The van der Waals surface area contributed by atoms with Crippen LogP contribution < -0.4 is 10.2 Å². The van der Waals surface area contributed by atoms with Crippen LogP contribution in [0.1, 0.15) is 33.2 Å². The molecule has 0 fully saturated rings. The predicted molar refractivity (Wildman–Crippen MR) is 95.3 cm³/mol. The SMILES string of the molecule is C=CCNC(=O)c1cncc(C(=O)N(CC)c2cccc(C)c2)c1. The van der Waals surface area contributed by atoms with E-state index in [9.17, 15) is 9.59 Å². The Kier molecular flexibility index (Phi) is 5.84. The van der Waals surface area contributed by atoms with E-state index in [0.717, 1.165) is 11.3 Å². The van der Waals surface area contributed by atoms with Crippen molar-refractivity contribution in [1.29, 1.82) is 0 Å². The standard InChI is InChI=1S/C19H21N3O2/c1-4-9-21-18(23)15-11-16(13-20-12-15)19(24)22(5-2)17-8-6-7-14(3)10-17/h4,6-8,10-13H,1,5,9H2,2-3H3,(H,21,23). The lowest BCUT2D eigenvalue weighted by Crippen LogP contribution is -2.31. The van der Waals surface area contributed by atoms with Crippen molar-refractivity contribution in [2.24, 2.45) is 0 Å². The van der Waals surface area contributed by atoms with Crippen LogP contribution in [0.25, 0.3) is 0 Å². The number of nitrogens with one attached hydrogen (secondary N) is 1. The molecule has 5 heteroatoms. The number of hydrogen-bond acceptors (Lipinski definition) is 3. The summed E-state index contributed by atoms with van der Waals surface area (Å²) in [5.41, 5.74) is 2.63. The highest BCUT2D eigenvalue weighted by Gasteiger charge is 2.18. The van der Waals surface area contributed by atoms with Gasteiger partial charge in [-0.2, -0.15) is 0 Å². The van der Waals surface area contributed by atoms with E-state index < -0.39 is 0 Å². The largest absolute Gasteiger partial charge is 0.349 e. The number of hydrogen-bond donors (Lipinski definition) is 1. The summed E-state index contributed by atoms with van der Waals surface area (Å²) in [6.45, 7) is 8.33. The van der Waals surface area contributed by atoms with Crippen LogP contribution in [0.15, 0.2) is 55.4 Å². The molecule has 0 aliphatic heterocycles. The summed E-state index contributed by atoms with van der Waals surface area (Å²) in [6, 6.07) is 9.30. The zero-order valence-electron chi connectivity index (χ0n) is 14.0. The molecule has 0 unspecified atom stereocenters. The van der Waals surface area contributed by atoms with Crippen molar-refractivity contribution >= 4 is 17.5 Å². The minimum Gasteiger partial charge on any atom is -0.349 e. The molecule has 124 valence electrons. The van der Waals surface area contributed by atoms with E-state index in [0.29, 0.717) is 24.2 Å². The van der Waals surface area contributed by atoms with Crippen LogP contribution in [0.2, 0.25) is 0 Å². The van der Waals surface area contributed by atoms with Gasteiger partial charge < -0.3 is 10.2 Å². The second kappa shape index (κ2) is 8.06. The molecule has 2 amide bonds. The monoisotopic (exact) mass is 323 g/mol. The van der Waals surface area contributed by atoms with Gasteiger partial charge in [-0.25, -0.2) is 0 Å². The maximum absolute atomic E-state index is 12.8. The van der Waals surface area contributed by atoms with Gasteiger partial charge in [0.15, 0.2) is 0 Å². The lowest BCUT2D eigenvalue weighted by Gasteiger charge is -2.21. The Bertz CT molecular complexity index is 756. The number of aromatic nitrogens is 1. The van der Waals surface area contributed by atoms with Crippen molar-refractivity contribution < 1.29 is 9.59 Å². The number of amides is 2. The highest BCUT2D eigenvalue weighted by Crippen LogP contribution is 2.18. The summed E-state index contributed by atoms with van der Waals surface area (Å²) in [5, 5.41) is 2.68. The second-order valence-electron chi connectivity index (χ2n) is 5.35. The molecule has 1 aromatic carbocycles. The Morgan fingerprint density at radius 3 is 2.67 bits per heavy atom. The number of anilines is 1. The summed E-state index contributed by atoms with van der Waals surface area (Å²) in [5.74, 6) is -0.468. The third kappa shape index (κ3) is 4.07. The zero-order chi connectivity index (χ0) is 17.5. The van der Waals surface area contributed by atoms with Crippen molar-refractivity contribution in [3.05, 3.63) is 72.1 Å². The molecule has 0 radical (unpaired) electrons. The molecule has 1 aromatic heterocycles. The molecule has 1 heterocycles. The topological polar surface area (TPSA) is 62.3 Å². The zero-order valence-corrected chi connectivity index (χ0v) is 14.0. The van der Waals surface area contributed by atoms with Gasteiger partial charge in [0.1, 0.15) is 0 Å². The van der Waals surface area contributed by atoms with Crippen molar-refractivity contribution in [3.63, 3.8) is 0 Å². The molecule has 0 aliphatic carbocycles. The van der Waals surface area contributed by atoms with Crippen LogP contribution in [-0.2, 0) is 0 Å². The molecule has 0 saturated heterocycles.